The van der Waals surface area contributed by atoms with Gasteiger partial charge in [0.1, 0.15) is 11.5 Å². The fourth-order valence-corrected chi connectivity index (χ4v) is 3.09. The van der Waals surface area contributed by atoms with Gasteiger partial charge in [0.05, 0.1) is 11.5 Å². The highest BCUT2D eigenvalue weighted by Crippen LogP contribution is 2.36. The second kappa shape index (κ2) is 6.50. The van der Waals surface area contributed by atoms with Crippen molar-refractivity contribution in [2.24, 2.45) is 5.92 Å². The maximum atomic E-state index is 6.55. The Kier molecular flexibility index (Phi) is 4.47. The Balaban J connectivity index is 1.69. The van der Waals surface area contributed by atoms with E-state index in [2.05, 4.69) is 6.92 Å². The van der Waals surface area contributed by atoms with Crippen LogP contribution in [0.15, 0.2) is 54.6 Å². The third-order valence-corrected chi connectivity index (χ3v) is 4.41. The number of benzene rings is 2. The van der Waals surface area contributed by atoms with E-state index in [1.54, 1.807) is 0 Å². The lowest BCUT2D eigenvalue weighted by Crippen LogP contribution is -2.19. The number of halogens is 1. The molecule has 110 valence electrons. The molecule has 2 nitrogen and oxygen atoms in total. The van der Waals surface area contributed by atoms with Crippen molar-refractivity contribution < 1.29 is 9.47 Å². The summed E-state index contributed by atoms with van der Waals surface area (Å²) in [5, 5.41) is -0.103. The summed E-state index contributed by atoms with van der Waals surface area (Å²) in [5.74, 6) is 2.15. The lowest BCUT2D eigenvalue weighted by molar-refractivity contribution is 0.0903. The fraction of sp³-hybridized carbons (Fsp3) is 0.333. The average Bonchev–Trinajstić information content (AvgIpc) is 2.94. The molecule has 0 radical (unpaired) electrons. The van der Waals surface area contributed by atoms with E-state index in [9.17, 15) is 0 Å². The van der Waals surface area contributed by atoms with Crippen molar-refractivity contribution in [2.45, 2.75) is 24.8 Å². The highest BCUT2D eigenvalue weighted by molar-refractivity contribution is 6.21. The molecule has 0 bridgehead atoms. The lowest BCUT2D eigenvalue weighted by Gasteiger charge is -2.21. The van der Waals surface area contributed by atoms with Gasteiger partial charge in [-0.1, -0.05) is 37.3 Å². The first-order chi connectivity index (χ1) is 10.2. The van der Waals surface area contributed by atoms with E-state index < -0.39 is 0 Å². The molecule has 0 aromatic heterocycles. The molecular formula is C18H19ClO2. The standard InChI is InChI=1S/C18H19ClO2/c1-13-11-12-20-18(13)17(19)14-7-9-16(10-8-14)21-15-5-3-2-4-6-15/h2-10,13,17-18H,11-12H2,1H3. The zero-order valence-corrected chi connectivity index (χ0v) is 12.8. The highest BCUT2D eigenvalue weighted by atomic mass is 35.5. The van der Waals surface area contributed by atoms with E-state index in [-0.39, 0.29) is 11.5 Å². The van der Waals surface area contributed by atoms with Gasteiger partial charge in [-0.2, -0.15) is 0 Å². The molecule has 0 N–H and O–H groups in total. The molecule has 21 heavy (non-hydrogen) atoms. The molecule has 2 aromatic carbocycles. The van der Waals surface area contributed by atoms with Crippen LogP contribution < -0.4 is 4.74 Å². The first-order valence-corrected chi connectivity index (χ1v) is 7.76. The molecule has 0 saturated carbocycles. The third-order valence-electron chi connectivity index (χ3n) is 3.91. The summed E-state index contributed by atoms with van der Waals surface area (Å²) in [6.45, 7) is 3.00. The summed E-state index contributed by atoms with van der Waals surface area (Å²) in [5.41, 5.74) is 1.08. The van der Waals surface area contributed by atoms with E-state index in [1.165, 1.54) is 0 Å². The first kappa shape index (κ1) is 14.4. The van der Waals surface area contributed by atoms with Gasteiger partial charge in [-0.25, -0.2) is 0 Å². The Morgan fingerprint density at radius 1 is 1.05 bits per heavy atom. The normalized spacial score (nSPS) is 23.0. The largest absolute Gasteiger partial charge is 0.457 e. The third kappa shape index (κ3) is 3.39. The van der Waals surface area contributed by atoms with Gasteiger partial charge in [-0.15, -0.1) is 11.6 Å². The minimum atomic E-state index is -0.103. The van der Waals surface area contributed by atoms with Gasteiger partial charge in [0.15, 0.2) is 0 Å². The van der Waals surface area contributed by atoms with Crippen LogP contribution in [-0.2, 0) is 4.74 Å². The second-order valence-corrected chi connectivity index (χ2v) is 5.96. The molecule has 3 rings (SSSR count). The van der Waals surface area contributed by atoms with Crippen molar-refractivity contribution in [1.29, 1.82) is 0 Å². The van der Waals surface area contributed by atoms with Crippen LogP contribution in [0.2, 0.25) is 0 Å². The second-order valence-electron chi connectivity index (χ2n) is 5.49. The van der Waals surface area contributed by atoms with Gasteiger partial charge in [0.2, 0.25) is 0 Å². The monoisotopic (exact) mass is 302 g/mol. The van der Waals surface area contributed by atoms with Crippen molar-refractivity contribution in [2.75, 3.05) is 6.61 Å². The Labute approximate surface area is 130 Å². The van der Waals surface area contributed by atoms with Crippen LogP contribution in [0.3, 0.4) is 0 Å². The molecule has 2 aromatic rings. The van der Waals surface area contributed by atoms with E-state index >= 15 is 0 Å². The van der Waals surface area contributed by atoms with Crippen molar-refractivity contribution in [1.82, 2.24) is 0 Å². The topological polar surface area (TPSA) is 18.5 Å². The summed E-state index contributed by atoms with van der Waals surface area (Å²) in [6, 6.07) is 17.7. The minimum absolute atomic E-state index is 0.103. The number of rotatable bonds is 4. The van der Waals surface area contributed by atoms with E-state index in [0.717, 1.165) is 30.1 Å². The van der Waals surface area contributed by atoms with E-state index in [1.807, 2.05) is 54.6 Å². The predicted octanol–water partition coefficient (Wildman–Crippen LogP) is 5.18. The first-order valence-electron chi connectivity index (χ1n) is 7.32. The summed E-state index contributed by atoms with van der Waals surface area (Å²) < 4.78 is 11.5. The van der Waals surface area contributed by atoms with E-state index in [4.69, 9.17) is 21.1 Å². The van der Waals surface area contributed by atoms with Crippen LogP contribution in [0.25, 0.3) is 0 Å². The molecular weight excluding hydrogens is 284 g/mol. The summed E-state index contributed by atoms with van der Waals surface area (Å²) in [7, 11) is 0. The van der Waals surface area contributed by atoms with E-state index in [0.29, 0.717) is 5.92 Å². The minimum Gasteiger partial charge on any atom is -0.457 e. The smallest absolute Gasteiger partial charge is 0.127 e. The van der Waals surface area contributed by atoms with Crippen LogP contribution in [0.5, 0.6) is 11.5 Å². The SMILES string of the molecule is CC1CCOC1C(Cl)c1ccc(Oc2ccccc2)cc1. The van der Waals surface area contributed by atoms with Crippen molar-refractivity contribution in [3.8, 4) is 11.5 Å². The summed E-state index contributed by atoms with van der Waals surface area (Å²) in [4.78, 5) is 0. The highest BCUT2D eigenvalue weighted by Gasteiger charge is 2.31. The molecule has 3 heteroatoms. The lowest BCUT2D eigenvalue weighted by atomic mass is 9.97. The number of ether oxygens (including phenoxy) is 2. The molecule has 1 fully saturated rings. The quantitative estimate of drug-likeness (QED) is 0.724. The number of hydrogen-bond donors (Lipinski definition) is 0. The van der Waals surface area contributed by atoms with Gasteiger partial charge in [0, 0.05) is 6.61 Å². The zero-order chi connectivity index (χ0) is 14.7. The van der Waals surface area contributed by atoms with Crippen LogP contribution in [0.1, 0.15) is 24.3 Å². The number of alkyl halides is 1. The van der Waals surface area contributed by atoms with Gasteiger partial charge in [0.25, 0.3) is 0 Å². The van der Waals surface area contributed by atoms with Gasteiger partial charge in [-0.3, -0.25) is 0 Å². The molecule has 3 atom stereocenters. The molecule has 1 aliphatic rings. The molecule has 1 heterocycles. The molecule has 0 amide bonds. The maximum absolute atomic E-state index is 6.55. The predicted molar refractivity (Wildman–Crippen MR) is 85.1 cm³/mol. The summed E-state index contributed by atoms with van der Waals surface area (Å²) in [6.07, 6.45) is 1.19. The molecule has 0 aliphatic carbocycles. The zero-order valence-electron chi connectivity index (χ0n) is 12.0. The molecule has 1 saturated heterocycles. The van der Waals surface area contributed by atoms with Crippen LogP contribution in [0, 0.1) is 5.92 Å². The Morgan fingerprint density at radius 3 is 2.33 bits per heavy atom. The van der Waals surface area contributed by atoms with Crippen molar-refractivity contribution in [3.63, 3.8) is 0 Å². The molecule has 1 aliphatic heterocycles. The molecule has 3 unspecified atom stereocenters. The average molecular weight is 303 g/mol. The number of para-hydroxylation sites is 1. The number of hydrogen-bond acceptors (Lipinski definition) is 2. The fourth-order valence-electron chi connectivity index (χ4n) is 2.63. The Bertz CT molecular complexity index is 568. The van der Waals surface area contributed by atoms with Gasteiger partial charge < -0.3 is 9.47 Å². The molecule has 0 spiro atoms. The van der Waals surface area contributed by atoms with Crippen LogP contribution in [0.4, 0.5) is 0 Å². The Hall–Kier alpha value is -1.51. The maximum Gasteiger partial charge on any atom is 0.127 e. The Morgan fingerprint density at radius 2 is 1.71 bits per heavy atom. The van der Waals surface area contributed by atoms with Crippen molar-refractivity contribution >= 4 is 11.6 Å². The summed E-state index contributed by atoms with van der Waals surface area (Å²) >= 11 is 6.55. The van der Waals surface area contributed by atoms with Gasteiger partial charge >= 0.3 is 0 Å². The van der Waals surface area contributed by atoms with Crippen molar-refractivity contribution in [3.05, 3.63) is 60.2 Å². The van der Waals surface area contributed by atoms with Crippen LogP contribution >= 0.6 is 11.6 Å². The van der Waals surface area contributed by atoms with Crippen LogP contribution in [-0.4, -0.2) is 12.7 Å². The van der Waals surface area contributed by atoms with Gasteiger partial charge in [-0.05, 0) is 42.2 Å².